The molecule has 0 aliphatic heterocycles. The predicted octanol–water partition coefficient (Wildman–Crippen LogP) is 5.42. The molecule has 0 amide bonds. The normalized spacial score (nSPS) is 15.8. The predicted molar refractivity (Wildman–Crippen MR) is 119 cm³/mol. The Morgan fingerprint density at radius 2 is 2.13 bits per heavy atom. The van der Waals surface area contributed by atoms with Crippen LogP contribution >= 0.6 is 11.3 Å². The van der Waals surface area contributed by atoms with Crippen LogP contribution in [0.1, 0.15) is 51.0 Å². The Hall–Kier alpha value is -2.80. The fraction of sp³-hybridized carbons (Fsp3) is 0.391. The van der Waals surface area contributed by atoms with Crippen LogP contribution in [-0.4, -0.2) is 28.6 Å². The molecular weight excluding hydrogens is 398 g/mol. The summed E-state index contributed by atoms with van der Waals surface area (Å²) in [4.78, 5) is 5.81. The molecule has 1 fully saturated rings. The van der Waals surface area contributed by atoms with Crippen LogP contribution in [0.3, 0.4) is 0 Å². The van der Waals surface area contributed by atoms with Crippen molar-refractivity contribution in [2.75, 3.05) is 6.61 Å². The highest BCUT2D eigenvalue weighted by atomic mass is 32.1. The number of aromatic nitrogens is 1. The first kappa shape index (κ1) is 20.5. The molecule has 0 radical (unpaired) electrons. The van der Waals surface area contributed by atoms with Crippen LogP contribution in [0.2, 0.25) is 0 Å². The van der Waals surface area contributed by atoms with Gasteiger partial charge in [-0.05, 0) is 43.5 Å². The molecule has 0 bridgehead atoms. The highest BCUT2D eigenvalue weighted by Gasteiger charge is 2.15. The van der Waals surface area contributed by atoms with Crippen LogP contribution in [0.15, 0.2) is 56.5 Å². The van der Waals surface area contributed by atoms with E-state index in [1.807, 2.05) is 30.5 Å². The number of hydrogen-bond acceptors (Lipinski definition) is 6. The van der Waals surface area contributed by atoms with E-state index in [4.69, 9.17) is 14.1 Å². The Bertz CT molecular complexity index is 1040. The molecule has 4 rings (SSSR count). The summed E-state index contributed by atoms with van der Waals surface area (Å²) in [7, 11) is 0. The SMILES string of the molecule is CCCOc1ccc(C=Nn2c(-c3ccco3)csc2=NC2CCCCC2)c(O)c1. The minimum absolute atomic E-state index is 0.133. The molecular formula is C23H27N3O3S. The second kappa shape index (κ2) is 9.80. The maximum Gasteiger partial charge on any atom is 0.206 e. The van der Waals surface area contributed by atoms with Gasteiger partial charge in [0, 0.05) is 17.0 Å². The number of aromatic hydroxyl groups is 1. The zero-order valence-electron chi connectivity index (χ0n) is 17.2. The summed E-state index contributed by atoms with van der Waals surface area (Å²) in [6.07, 6.45) is 10.2. The van der Waals surface area contributed by atoms with E-state index >= 15 is 0 Å². The molecule has 1 aliphatic rings. The van der Waals surface area contributed by atoms with E-state index in [1.54, 1.807) is 40.6 Å². The molecule has 0 spiro atoms. The van der Waals surface area contributed by atoms with Crippen molar-refractivity contribution in [3.63, 3.8) is 0 Å². The van der Waals surface area contributed by atoms with Crippen molar-refractivity contribution in [3.05, 3.63) is 52.3 Å². The molecule has 1 aromatic carbocycles. The smallest absolute Gasteiger partial charge is 0.206 e. The van der Waals surface area contributed by atoms with Gasteiger partial charge in [0.2, 0.25) is 4.80 Å². The maximum absolute atomic E-state index is 10.4. The lowest BCUT2D eigenvalue weighted by Gasteiger charge is -2.16. The number of ether oxygens (including phenoxy) is 1. The van der Waals surface area contributed by atoms with Gasteiger partial charge in [-0.25, -0.2) is 4.68 Å². The van der Waals surface area contributed by atoms with Crippen molar-refractivity contribution in [2.24, 2.45) is 10.1 Å². The van der Waals surface area contributed by atoms with E-state index in [9.17, 15) is 5.11 Å². The lowest BCUT2D eigenvalue weighted by atomic mass is 9.96. The minimum atomic E-state index is 0.133. The number of furan rings is 1. The quantitative estimate of drug-likeness (QED) is 0.514. The summed E-state index contributed by atoms with van der Waals surface area (Å²) >= 11 is 1.56. The Morgan fingerprint density at radius 3 is 2.87 bits per heavy atom. The van der Waals surface area contributed by atoms with E-state index < -0.39 is 0 Å². The third-order valence-electron chi connectivity index (χ3n) is 5.11. The molecule has 7 heteroatoms. The van der Waals surface area contributed by atoms with Crippen molar-refractivity contribution < 1.29 is 14.3 Å². The fourth-order valence-electron chi connectivity index (χ4n) is 3.52. The molecule has 2 heterocycles. The topological polar surface area (TPSA) is 72.2 Å². The number of rotatable bonds is 7. The van der Waals surface area contributed by atoms with Gasteiger partial charge in [0.1, 0.15) is 17.2 Å². The van der Waals surface area contributed by atoms with Gasteiger partial charge in [0.05, 0.1) is 25.1 Å². The molecule has 30 heavy (non-hydrogen) atoms. The first-order valence-corrected chi connectivity index (χ1v) is 11.4. The van der Waals surface area contributed by atoms with E-state index in [-0.39, 0.29) is 5.75 Å². The van der Waals surface area contributed by atoms with Gasteiger partial charge in [-0.1, -0.05) is 26.2 Å². The van der Waals surface area contributed by atoms with Gasteiger partial charge >= 0.3 is 0 Å². The Balaban J connectivity index is 1.66. The summed E-state index contributed by atoms with van der Waals surface area (Å²) in [6, 6.07) is 9.38. The number of hydrogen-bond donors (Lipinski definition) is 1. The first-order valence-electron chi connectivity index (χ1n) is 10.5. The van der Waals surface area contributed by atoms with Crippen LogP contribution < -0.4 is 9.54 Å². The van der Waals surface area contributed by atoms with Crippen molar-refractivity contribution in [2.45, 2.75) is 51.5 Å². The molecule has 1 saturated carbocycles. The lowest BCUT2D eigenvalue weighted by Crippen LogP contribution is -2.18. The number of nitrogens with zero attached hydrogens (tertiary/aromatic N) is 3. The van der Waals surface area contributed by atoms with E-state index in [2.05, 4.69) is 5.10 Å². The third-order valence-corrected chi connectivity index (χ3v) is 5.94. The monoisotopic (exact) mass is 425 g/mol. The van der Waals surface area contributed by atoms with E-state index in [0.717, 1.165) is 35.5 Å². The van der Waals surface area contributed by atoms with Gasteiger partial charge in [0.25, 0.3) is 0 Å². The van der Waals surface area contributed by atoms with Crippen molar-refractivity contribution in [1.82, 2.24) is 4.68 Å². The molecule has 158 valence electrons. The van der Waals surface area contributed by atoms with Crippen molar-refractivity contribution >= 4 is 17.6 Å². The fourth-order valence-corrected chi connectivity index (χ4v) is 4.41. The molecule has 0 unspecified atom stereocenters. The zero-order valence-corrected chi connectivity index (χ0v) is 18.0. The van der Waals surface area contributed by atoms with Crippen LogP contribution in [0.5, 0.6) is 11.5 Å². The van der Waals surface area contributed by atoms with Gasteiger partial charge in [-0.2, -0.15) is 5.10 Å². The van der Waals surface area contributed by atoms with Crippen molar-refractivity contribution in [3.8, 4) is 23.0 Å². The molecule has 1 N–H and O–H groups in total. The van der Waals surface area contributed by atoms with E-state index in [1.165, 1.54) is 19.3 Å². The van der Waals surface area contributed by atoms with E-state index in [0.29, 0.717) is 24.0 Å². The van der Waals surface area contributed by atoms with Gasteiger partial charge in [-0.3, -0.25) is 4.99 Å². The molecule has 3 aromatic rings. The number of phenols is 1. The largest absolute Gasteiger partial charge is 0.507 e. The minimum Gasteiger partial charge on any atom is -0.507 e. The summed E-state index contributed by atoms with van der Waals surface area (Å²) in [6.45, 7) is 2.67. The number of phenolic OH excluding ortho intramolecular Hbond substituents is 1. The maximum atomic E-state index is 10.4. The van der Waals surface area contributed by atoms with Crippen LogP contribution in [0.25, 0.3) is 11.5 Å². The molecule has 1 aliphatic carbocycles. The van der Waals surface area contributed by atoms with Gasteiger partial charge in [0.15, 0.2) is 5.76 Å². The molecule has 0 saturated heterocycles. The zero-order chi connectivity index (χ0) is 20.8. The van der Waals surface area contributed by atoms with Crippen LogP contribution in [0.4, 0.5) is 0 Å². The van der Waals surface area contributed by atoms with Gasteiger partial charge in [-0.15, -0.1) is 11.3 Å². The number of benzene rings is 1. The standard InChI is InChI=1S/C23H27N3O3S/c1-2-12-28-19-11-10-17(21(27)14-19)15-24-26-20(22-9-6-13-29-22)16-30-23(26)25-18-7-4-3-5-8-18/h6,9-11,13-16,18,27H,2-5,7-8,12H2,1H3. The summed E-state index contributed by atoms with van der Waals surface area (Å²) in [5.41, 5.74) is 1.46. The van der Waals surface area contributed by atoms with Crippen LogP contribution in [-0.2, 0) is 0 Å². The van der Waals surface area contributed by atoms with Crippen molar-refractivity contribution in [1.29, 1.82) is 0 Å². The van der Waals surface area contributed by atoms with Gasteiger partial charge < -0.3 is 14.3 Å². The second-order valence-electron chi connectivity index (χ2n) is 7.43. The Labute approximate surface area is 180 Å². The lowest BCUT2D eigenvalue weighted by molar-refractivity contribution is 0.315. The molecule has 2 aromatic heterocycles. The number of thiazole rings is 1. The van der Waals surface area contributed by atoms with Crippen LogP contribution in [0, 0.1) is 0 Å². The summed E-state index contributed by atoms with van der Waals surface area (Å²) in [5.74, 6) is 1.52. The second-order valence-corrected chi connectivity index (χ2v) is 8.26. The summed E-state index contributed by atoms with van der Waals surface area (Å²) in [5, 5.41) is 17.1. The summed E-state index contributed by atoms with van der Waals surface area (Å²) < 4.78 is 13.0. The molecule has 0 atom stereocenters. The Kier molecular flexibility index (Phi) is 6.69. The third kappa shape index (κ3) is 4.84. The highest BCUT2D eigenvalue weighted by Crippen LogP contribution is 2.25. The average molecular weight is 426 g/mol. The molecule has 6 nitrogen and oxygen atoms in total. The Morgan fingerprint density at radius 1 is 1.27 bits per heavy atom. The highest BCUT2D eigenvalue weighted by molar-refractivity contribution is 7.07. The average Bonchev–Trinajstić information content (AvgIpc) is 3.42. The first-order chi connectivity index (χ1) is 14.7.